The highest BCUT2D eigenvalue weighted by Gasteiger charge is 2.19. The molecule has 0 N–H and O–H groups in total. The Bertz CT molecular complexity index is 446. The highest BCUT2D eigenvalue weighted by molar-refractivity contribution is 6.30. The van der Waals surface area contributed by atoms with Crippen LogP contribution in [0, 0.1) is 0 Å². The number of carbonyl (C=O) groups is 1. The monoisotopic (exact) mass is 206 g/mol. The van der Waals surface area contributed by atoms with E-state index in [1.165, 1.54) is 0 Å². The van der Waals surface area contributed by atoms with E-state index < -0.39 is 0 Å². The van der Waals surface area contributed by atoms with Crippen LogP contribution >= 0.6 is 11.6 Å². The molecule has 0 saturated heterocycles. The molecule has 0 saturated carbocycles. The number of allylic oxidation sites excluding steroid dienone is 1. The average Bonchev–Trinajstić information content (AvgIpc) is 2.49. The maximum atomic E-state index is 11.3. The first kappa shape index (κ1) is 9.09. The van der Waals surface area contributed by atoms with Crippen LogP contribution in [0.1, 0.15) is 12.5 Å². The Hall–Kier alpha value is -1.48. The van der Waals surface area contributed by atoms with Crippen LogP contribution in [0.15, 0.2) is 40.2 Å². The summed E-state index contributed by atoms with van der Waals surface area (Å²) in [5.74, 6) is -0.287. The summed E-state index contributed by atoms with van der Waals surface area (Å²) in [5.41, 5.74) is 2.01. The number of rotatable bonds is 1. The van der Waals surface area contributed by atoms with Gasteiger partial charge in [-0.3, -0.25) is 4.79 Å². The van der Waals surface area contributed by atoms with Gasteiger partial charge in [0.1, 0.15) is 0 Å². The molecule has 14 heavy (non-hydrogen) atoms. The first-order valence-electron chi connectivity index (χ1n) is 4.11. The maximum Gasteiger partial charge on any atom is 0.297 e. The molecule has 0 atom stereocenters. The summed E-state index contributed by atoms with van der Waals surface area (Å²) in [5, 5.41) is 7.84. The summed E-state index contributed by atoms with van der Waals surface area (Å²) in [6.07, 6.45) is 0. The van der Waals surface area contributed by atoms with Crippen molar-refractivity contribution in [1.82, 2.24) is 0 Å². The number of amides is 1. The zero-order valence-corrected chi connectivity index (χ0v) is 8.25. The SMILES string of the molecule is CC1=C(c2ccc(Cl)cc2)C(=O)N=N1. The molecule has 2 rings (SSSR count). The van der Waals surface area contributed by atoms with Gasteiger partial charge >= 0.3 is 0 Å². The smallest absolute Gasteiger partial charge is 0.265 e. The molecule has 1 aromatic carbocycles. The molecule has 0 bridgehead atoms. The van der Waals surface area contributed by atoms with Crippen molar-refractivity contribution in [3.05, 3.63) is 40.5 Å². The zero-order valence-electron chi connectivity index (χ0n) is 7.49. The van der Waals surface area contributed by atoms with Crippen LogP contribution in [0.2, 0.25) is 5.02 Å². The molecule has 0 unspecified atom stereocenters. The summed E-state index contributed by atoms with van der Waals surface area (Å²) in [7, 11) is 0. The second-order valence-corrected chi connectivity index (χ2v) is 3.41. The predicted octanol–water partition coefficient (Wildman–Crippen LogP) is 3.06. The number of halogens is 1. The highest BCUT2D eigenvalue weighted by atomic mass is 35.5. The third-order valence-corrected chi connectivity index (χ3v) is 2.25. The molecule has 1 aromatic rings. The van der Waals surface area contributed by atoms with Crippen LogP contribution in [0.25, 0.3) is 5.57 Å². The molecule has 1 heterocycles. The Morgan fingerprint density at radius 3 is 2.29 bits per heavy atom. The molecule has 0 aliphatic carbocycles. The molecule has 70 valence electrons. The second-order valence-electron chi connectivity index (χ2n) is 2.97. The first-order valence-corrected chi connectivity index (χ1v) is 4.49. The van der Waals surface area contributed by atoms with E-state index in [4.69, 9.17) is 11.6 Å². The van der Waals surface area contributed by atoms with Gasteiger partial charge in [-0.05, 0) is 24.6 Å². The lowest BCUT2D eigenvalue weighted by molar-refractivity contribution is -0.112. The summed E-state index contributed by atoms with van der Waals surface area (Å²) in [4.78, 5) is 11.3. The Morgan fingerprint density at radius 2 is 1.79 bits per heavy atom. The molecular weight excluding hydrogens is 200 g/mol. The van der Waals surface area contributed by atoms with Gasteiger partial charge in [0.2, 0.25) is 0 Å². The standard InChI is InChI=1S/C10H7ClN2O/c1-6-9(10(14)13-12-6)7-2-4-8(11)5-3-7/h2-5H,1H3. The molecule has 0 aromatic heterocycles. The van der Waals surface area contributed by atoms with Crippen molar-refractivity contribution in [3.8, 4) is 0 Å². The Morgan fingerprint density at radius 1 is 1.14 bits per heavy atom. The molecule has 0 radical (unpaired) electrons. The number of hydrogen-bond acceptors (Lipinski definition) is 2. The highest BCUT2D eigenvalue weighted by Crippen LogP contribution is 2.26. The minimum absolute atomic E-state index is 0.287. The van der Waals surface area contributed by atoms with E-state index in [1.54, 1.807) is 31.2 Å². The number of benzene rings is 1. The summed E-state index contributed by atoms with van der Waals surface area (Å²) < 4.78 is 0. The van der Waals surface area contributed by atoms with E-state index in [-0.39, 0.29) is 5.91 Å². The van der Waals surface area contributed by atoms with Crippen LogP contribution in [0.3, 0.4) is 0 Å². The molecule has 3 nitrogen and oxygen atoms in total. The van der Waals surface area contributed by atoms with Gasteiger partial charge in [0.15, 0.2) is 0 Å². The number of hydrogen-bond donors (Lipinski definition) is 0. The van der Waals surface area contributed by atoms with Crippen molar-refractivity contribution in [2.45, 2.75) is 6.92 Å². The molecule has 0 fully saturated rings. The van der Waals surface area contributed by atoms with Crippen molar-refractivity contribution >= 4 is 23.1 Å². The summed E-state index contributed by atoms with van der Waals surface area (Å²) >= 11 is 5.74. The van der Waals surface area contributed by atoms with Crippen LogP contribution < -0.4 is 0 Å². The maximum absolute atomic E-state index is 11.3. The van der Waals surface area contributed by atoms with E-state index >= 15 is 0 Å². The largest absolute Gasteiger partial charge is 0.297 e. The van der Waals surface area contributed by atoms with E-state index in [9.17, 15) is 4.79 Å². The Labute approximate surface area is 86.1 Å². The van der Waals surface area contributed by atoms with Gasteiger partial charge in [0.25, 0.3) is 5.91 Å². The molecule has 1 aliphatic rings. The second kappa shape index (κ2) is 3.35. The lowest BCUT2D eigenvalue weighted by Gasteiger charge is -1.99. The third kappa shape index (κ3) is 1.46. The van der Waals surface area contributed by atoms with Gasteiger partial charge in [-0.1, -0.05) is 23.7 Å². The minimum atomic E-state index is -0.287. The van der Waals surface area contributed by atoms with Gasteiger partial charge in [0, 0.05) is 5.02 Å². The molecule has 4 heteroatoms. The zero-order chi connectivity index (χ0) is 10.1. The van der Waals surface area contributed by atoms with Gasteiger partial charge in [0.05, 0.1) is 11.3 Å². The van der Waals surface area contributed by atoms with Gasteiger partial charge in [-0.15, -0.1) is 5.11 Å². The Kier molecular flexibility index (Phi) is 2.17. The quantitative estimate of drug-likeness (QED) is 0.696. The van der Waals surface area contributed by atoms with Gasteiger partial charge in [-0.2, -0.15) is 5.11 Å². The first-order chi connectivity index (χ1) is 6.68. The third-order valence-electron chi connectivity index (χ3n) is 2.00. The number of azo groups is 1. The van der Waals surface area contributed by atoms with E-state index in [1.807, 2.05) is 0 Å². The van der Waals surface area contributed by atoms with Crippen molar-refractivity contribution in [1.29, 1.82) is 0 Å². The lowest BCUT2D eigenvalue weighted by atomic mass is 10.0. The van der Waals surface area contributed by atoms with Crippen molar-refractivity contribution in [2.24, 2.45) is 10.2 Å². The number of nitrogens with zero attached hydrogens (tertiary/aromatic N) is 2. The van der Waals surface area contributed by atoms with Crippen molar-refractivity contribution in [2.75, 3.05) is 0 Å². The fourth-order valence-corrected chi connectivity index (χ4v) is 1.45. The van der Waals surface area contributed by atoms with Crippen molar-refractivity contribution < 1.29 is 4.79 Å². The van der Waals surface area contributed by atoms with Crippen LogP contribution in [-0.4, -0.2) is 5.91 Å². The molecule has 0 spiro atoms. The van der Waals surface area contributed by atoms with Crippen molar-refractivity contribution in [3.63, 3.8) is 0 Å². The van der Waals surface area contributed by atoms with Gasteiger partial charge in [-0.25, -0.2) is 0 Å². The topological polar surface area (TPSA) is 41.8 Å². The number of carbonyl (C=O) groups excluding carboxylic acids is 1. The summed E-state index contributed by atoms with van der Waals surface area (Å²) in [6.45, 7) is 1.76. The van der Waals surface area contributed by atoms with E-state index in [0.29, 0.717) is 16.3 Å². The molecule has 1 amide bonds. The normalized spacial score (nSPS) is 15.4. The Balaban J connectivity index is 2.47. The van der Waals surface area contributed by atoms with Crippen LogP contribution in [-0.2, 0) is 4.79 Å². The van der Waals surface area contributed by atoms with Crippen LogP contribution in [0.5, 0.6) is 0 Å². The van der Waals surface area contributed by atoms with Crippen LogP contribution in [0.4, 0.5) is 0 Å². The predicted molar refractivity (Wildman–Crippen MR) is 53.9 cm³/mol. The van der Waals surface area contributed by atoms with E-state index in [2.05, 4.69) is 10.2 Å². The fraction of sp³-hybridized carbons (Fsp3) is 0.100. The summed E-state index contributed by atoms with van der Waals surface area (Å²) in [6, 6.07) is 7.05. The molecule has 1 aliphatic heterocycles. The van der Waals surface area contributed by atoms with Gasteiger partial charge < -0.3 is 0 Å². The fourth-order valence-electron chi connectivity index (χ4n) is 1.32. The minimum Gasteiger partial charge on any atom is -0.265 e. The average molecular weight is 207 g/mol. The molecular formula is C10H7ClN2O. The lowest BCUT2D eigenvalue weighted by Crippen LogP contribution is -1.94. The van der Waals surface area contributed by atoms with E-state index in [0.717, 1.165) is 5.56 Å².